The van der Waals surface area contributed by atoms with Crippen LogP contribution in [0.3, 0.4) is 0 Å². The molecule has 3 unspecified atom stereocenters. The predicted octanol–water partition coefficient (Wildman–Crippen LogP) is 1.87. The van der Waals surface area contributed by atoms with Gasteiger partial charge in [0.05, 0.1) is 12.2 Å². The molecule has 0 aromatic carbocycles. The van der Waals surface area contributed by atoms with Crippen molar-refractivity contribution in [2.24, 2.45) is 5.92 Å². The van der Waals surface area contributed by atoms with Gasteiger partial charge in [-0.05, 0) is 32.1 Å². The molecule has 2 aliphatic rings. The first-order valence-corrected chi connectivity index (χ1v) is 7.25. The quantitative estimate of drug-likeness (QED) is 0.812. The summed E-state index contributed by atoms with van der Waals surface area (Å²) in [6.45, 7) is 11.5. The van der Waals surface area contributed by atoms with E-state index >= 15 is 0 Å². The van der Waals surface area contributed by atoms with Gasteiger partial charge in [0.2, 0.25) is 0 Å². The molecule has 2 saturated heterocycles. The van der Waals surface area contributed by atoms with E-state index in [1.807, 2.05) is 0 Å². The maximum absolute atomic E-state index is 5.96. The zero-order chi connectivity index (χ0) is 12.3. The summed E-state index contributed by atoms with van der Waals surface area (Å²) in [6, 6.07) is 0.711. The number of nitrogens with one attached hydrogen (secondary N) is 1. The largest absolute Gasteiger partial charge is 0.374 e. The van der Waals surface area contributed by atoms with Crippen molar-refractivity contribution in [2.45, 2.75) is 58.3 Å². The summed E-state index contributed by atoms with van der Waals surface area (Å²) >= 11 is 0. The van der Waals surface area contributed by atoms with Crippen molar-refractivity contribution in [2.75, 3.05) is 26.2 Å². The molecule has 0 aliphatic carbocycles. The molecule has 3 nitrogen and oxygen atoms in total. The average Bonchev–Trinajstić information content (AvgIpc) is 2.66. The van der Waals surface area contributed by atoms with E-state index in [2.05, 4.69) is 31.0 Å². The molecule has 0 amide bonds. The first-order chi connectivity index (χ1) is 8.15. The third-order valence-corrected chi connectivity index (χ3v) is 3.97. The molecule has 100 valence electrons. The minimum atomic E-state index is 0.478. The van der Waals surface area contributed by atoms with Crippen LogP contribution in [0.25, 0.3) is 0 Å². The van der Waals surface area contributed by atoms with Gasteiger partial charge in [0.1, 0.15) is 0 Å². The fourth-order valence-corrected chi connectivity index (χ4v) is 3.10. The fraction of sp³-hybridized carbons (Fsp3) is 1.00. The van der Waals surface area contributed by atoms with Crippen LogP contribution in [0.2, 0.25) is 0 Å². The van der Waals surface area contributed by atoms with E-state index < -0.39 is 0 Å². The average molecular weight is 240 g/mol. The second-order valence-corrected chi connectivity index (χ2v) is 6.13. The number of piperazine rings is 1. The Morgan fingerprint density at radius 1 is 1.35 bits per heavy atom. The van der Waals surface area contributed by atoms with Crippen molar-refractivity contribution < 1.29 is 4.74 Å². The third kappa shape index (κ3) is 3.94. The normalized spacial score (nSPS) is 35.6. The summed E-state index contributed by atoms with van der Waals surface area (Å²) < 4.78 is 5.96. The van der Waals surface area contributed by atoms with Crippen LogP contribution in [0, 0.1) is 5.92 Å². The minimum absolute atomic E-state index is 0.478. The molecular weight excluding hydrogens is 212 g/mol. The smallest absolute Gasteiger partial charge is 0.0706 e. The zero-order valence-corrected chi connectivity index (χ0v) is 11.6. The van der Waals surface area contributed by atoms with Crippen molar-refractivity contribution in [3.05, 3.63) is 0 Å². The fourth-order valence-electron chi connectivity index (χ4n) is 3.10. The highest BCUT2D eigenvalue weighted by Gasteiger charge is 2.29. The van der Waals surface area contributed by atoms with E-state index in [-0.39, 0.29) is 0 Å². The Morgan fingerprint density at radius 2 is 2.18 bits per heavy atom. The van der Waals surface area contributed by atoms with Gasteiger partial charge in [-0.2, -0.15) is 0 Å². The highest BCUT2D eigenvalue weighted by Crippen LogP contribution is 2.22. The summed E-state index contributed by atoms with van der Waals surface area (Å²) in [4.78, 5) is 2.65. The standard InChI is InChI=1S/C14H28N2O/c1-11(2)8-13-9-15-6-7-16(13)10-14-5-4-12(3)17-14/h11-15H,4-10H2,1-3H3. The first-order valence-electron chi connectivity index (χ1n) is 7.25. The van der Waals surface area contributed by atoms with Crippen molar-refractivity contribution in [3.8, 4) is 0 Å². The first kappa shape index (κ1) is 13.3. The molecule has 0 aromatic rings. The Morgan fingerprint density at radius 3 is 2.82 bits per heavy atom. The highest BCUT2D eigenvalue weighted by molar-refractivity contribution is 4.84. The molecule has 0 saturated carbocycles. The van der Waals surface area contributed by atoms with Gasteiger partial charge in [-0.25, -0.2) is 0 Å². The van der Waals surface area contributed by atoms with Crippen LogP contribution in [-0.2, 0) is 4.74 Å². The molecule has 0 radical (unpaired) electrons. The molecule has 0 spiro atoms. The summed E-state index contributed by atoms with van der Waals surface area (Å²) in [7, 11) is 0. The second-order valence-electron chi connectivity index (χ2n) is 6.13. The Bertz CT molecular complexity index is 232. The number of hydrogen-bond acceptors (Lipinski definition) is 3. The van der Waals surface area contributed by atoms with Crippen LogP contribution >= 0.6 is 0 Å². The number of rotatable bonds is 4. The van der Waals surface area contributed by atoms with E-state index in [1.165, 1.54) is 25.8 Å². The van der Waals surface area contributed by atoms with Crippen LogP contribution in [0.1, 0.15) is 40.0 Å². The molecule has 2 fully saturated rings. The summed E-state index contributed by atoms with van der Waals surface area (Å²) in [6.07, 6.45) is 4.75. The predicted molar refractivity (Wildman–Crippen MR) is 71.3 cm³/mol. The zero-order valence-electron chi connectivity index (χ0n) is 11.6. The van der Waals surface area contributed by atoms with E-state index in [1.54, 1.807) is 0 Å². The maximum Gasteiger partial charge on any atom is 0.0706 e. The van der Waals surface area contributed by atoms with Crippen molar-refractivity contribution in [3.63, 3.8) is 0 Å². The van der Waals surface area contributed by atoms with E-state index in [0.717, 1.165) is 25.6 Å². The molecule has 3 atom stereocenters. The molecule has 17 heavy (non-hydrogen) atoms. The third-order valence-electron chi connectivity index (χ3n) is 3.97. The lowest BCUT2D eigenvalue weighted by Crippen LogP contribution is -2.53. The van der Waals surface area contributed by atoms with Gasteiger partial charge in [0.25, 0.3) is 0 Å². The minimum Gasteiger partial charge on any atom is -0.374 e. The number of nitrogens with zero attached hydrogens (tertiary/aromatic N) is 1. The summed E-state index contributed by atoms with van der Waals surface area (Å²) in [5, 5.41) is 3.52. The molecule has 0 aromatic heterocycles. The van der Waals surface area contributed by atoms with Gasteiger partial charge in [-0.1, -0.05) is 13.8 Å². The Kier molecular flexibility index (Phi) is 4.83. The molecule has 2 rings (SSSR count). The lowest BCUT2D eigenvalue weighted by atomic mass is 10.00. The van der Waals surface area contributed by atoms with Gasteiger partial charge in [0, 0.05) is 32.2 Å². The Labute approximate surface area is 106 Å². The molecule has 1 N–H and O–H groups in total. The van der Waals surface area contributed by atoms with Crippen LogP contribution in [-0.4, -0.2) is 49.3 Å². The monoisotopic (exact) mass is 240 g/mol. The molecule has 2 heterocycles. The van der Waals surface area contributed by atoms with Gasteiger partial charge in [-0.15, -0.1) is 0 Å². The topological polar surface area (TPSA) is 24.5 Å². The molecule has 2 aliphatic heterocycles. The van der Waals surface area contributed by atoms with E-state index in [4.69, 9.17) is 4.74 Å². The Balaban J connectivity index is 1.83. The molecule has 3 heteroatoms. The molecular formula is C14H28N2O. The summed E-state index contributed by atoms with van der Waals surface area (Å²) in [5.74, 6) is 0.783. The number of ether oxygens (including phenoxy) is 1. The lowest BCUT2D eigenvalue weighted by molar-refractivity contribution is 0.0136. The van der Waals surface area contributed by atoms with E-state index in [0.29, 0.717) is 18.2 Å². The van der Waals surface area contributed by atoms with Crippen molar-refractivity contribution >= 4 is 0 Å². The van der Waals surface area contributed by atoms with Crippen LogP contribution in [0.15, 0.2) is 0 Å². The van der Waals surface area contributed by atoms with Crippen LogP contribution in [0.4, 0.5) is 0 Å². The van der Waals surface area contributed by atoms with Gasteiger partial charge >= 0.3 is 0 Å². The van der Waals surface area contributed by atoms with Gasteiger partial charge in [0.15, 0.2) is 0 Å². The SMILES string of the molecule is CC(C)CC1CNCCN1CC1CCC(C)O1. The van der Waals surface area contributed by atoms with E-state index in [9.17, 15) is 0 Å². The molecule has 0 bridgehead atoms. The van der Waals surface area contributed by atoms with Gasteiger partial charge in [-0.3, -0.25) is 4.90 Å². The lowest BCUT2D eigenvalue weighted by Gasteiger charge is -2.38. The Hall–Kier alpha value is -0.120. The maximum atomic E-state index is 5.96. The van der Waals surface area contributed by atoms with Crippen LogP contribution < -0.4 is 5.32 Å². The summed E-state index contributed by atoms with van der Waals surface area (Å²) in [5.41, 5.74) is 0. The van der Waals surface area contributed by atoms with Crippen LogP contribution in [0.5, 0.6) is 0 Å². The van der Waals surface area contributed by atoms with Crippen molar-refractivity contribution in [1.82, 2.24) is 10.2 Å². The second kappa shape index (κ2) is 6.17. The number of hydrogen-bond donors (Lipinski definition) is 1. The van der Waals surface area contributed by atoms with Gasteiger partial charge < -0.3 is 10.1 Å². The highest BCUT2D eigenvalue weighted by atomic mass is 16.5. The van der Waals surface area contributed by atoms with Crippen molar-refractivity contribution in [1.29, 1.82) is 0 Å².